The van der Waals surface area contributed by atoms with Crippen LogP contribution in [0.3, 0.4) is 0 Å². The quantitative estimate of drug-likeness (QED) is 0.172. The van der Waals surface area contributed by atoms with Crippen molar-refractivity contribution in [3.8, 4) is 44.5 Å². The fourth-order valence-electron chi connectivity index (χ4n) is 8.79. The molecule has 230 valence electrons. The van der Waals surface area contributed by atoms with Gasteiger partial charge in [-0.25, -0.2) is 0 Å². The molecule has 0 saturated heterocycles. The first-order valence-corrected chi connectivity index (χ1v) is 17.3. The molecule has 0 N–H and O–H groups in total. The predicted molar refractivity (Wildman–Crippen MR) is 210 cm³/mol. The molecular weight excluding hydrogens is 589 g/mol. The maximum atomic E-state index is 2.45. The van der Waals surface area contributed by atoms with Crippen LogP contribution in [0.5, 0.6) is 0 Å². The Balaban J connectivity index is 1.42. The zero-order valence-electron chi connectivity index (χ0n) is 27.7. The lowest BCUT2D eigenvalue weighted by Crippen LogP contribution is -2.14. The molecule has 9 aromatic rings. The first-order chi connectivity index (χ1) is 24.1. The van der Waals surface area contributed by atoms with Crippen LogP contribution in [-0.4, -0.2) is 0 Å². The highest BCUT2D eigenvalue weighted by Gasteiger charge is 2.37. The largest absolute Gasteiger partial charge is 0.0622 e. The normalized spacial score (nSPS) is 13.3. The summed E-state index contributed by atoms with van der Waals surface area (Å²) in [6.07, 6.45) is 0. The van der Waals surface area contributed by atoms with Gasteiger partial charge in [0.15, 0.2) is 0 Å². The van der Waals surface area contributed by atoms with E-state index in [0.717, 1.165) is 0 Å². The van der Waals surface area contributed by atoms with E-state index in [9.17, 15) is 0 Å². The van der Waals surface area contributed by atoms with E-state index in [2.05, 4.69) is 184 Å². The second kappa shape index (κ2) is 10.5. The van der Waals surface area contributed by atoms with Crippen LogP contribution in [0.1, 0.15) is 25.0 Å². The van der Waals surface area contributed by atoms with Gasteiger partial charge < -0.3 is 0 Å². The van der Waals surface area contributed by atoms with Crippen LogP contribution in [0.4, 0.5) is 0 Å². The molecule has 0 saturated carbocycles. The first kappa shape index (κ1) is 28.1. The summed E-state index contributed by atoms with van der Waals surface area (Å²) in [7, 11) is 0. The lowest BCUT2D eigenvalue weighted by atomic mass is 9.79. The van der Waals surface area contributed by atoms with Gasteiger partial charge in [0, 0.05) is 5.41 Å². The van der Waals surface area contributed by atoms with Crippen molar-refractivity contribution >= 4 is 43.1 Å². The Bertz CT molecular complexity index is 2730. The zero-order valence-corrected chi connectivity index (χ0v) is 27.7. The summed E-state index contributed by atoms with van der Waals surface area (Å²) in [5, 5.41) is 10.2. The average molecular weight is 623 g/mol. The Kier molecular flexibility index (Phi) is 6.02. The van der Waals surface area contributed by atoms with Crippen molar-refractivity contribution in [3.63, 3.8) is 0 Å². The van der Waals surface area contributed by atoms with Gasteiger partial charge in [-0.2, -0.15) is 0 Å². The third kappa shape index (κ3) is 4.04. The summed E-state index contributed by atoms with van der Waals surface area (Å²) in [5.41, 5.74) is 13.1. The number of benzene rings is 9. The SMILES string of the molecule is CC1(C)c2ccccc2-c2c(-c3c4ccccc4c(-c4c5ccccc5cc5ccccc45)c4ccc(-c5ccccc5)cc34)cccc21. The summed E-state index contributed by atoms with van der Waals surface area (Å²) < 4.78 is 0. The van der Waals surface area contributed by atoms with E-state index in [1.807, 2.05) is 0 Å². The average Bonchev–Trinajstić information content (AvgIpc) is 3.39. The van der Waals surface area contributed by atoms with E-state index in [1.165, 1.54) is 98.7 Å². The van der Waals surface area contributed by atoms with Crippen LogP contribution >= 0.6 is 0 Å². The van der Waals surface area contributed by atoms with E-state index in [1.54, 1.807) is 0 Å². The molecule has 0 atom stereocenters. The topological polar surface area (TPSA) is 0 Å². The van der Waals surface area contributed by atoms with Gasteiger partial charge in [0.05, 0.1) is 0 Å². The highest BCUT2D eigenvalue weighted by molar-refractivity contribution is 6.28. The molecule has 1 aliphatic carbocycles. The van der Waals surface area contributed by atoms with Crippen LogP contribution in [0.2, 0.25) is 0 Å². The van der Waals surface area contributed by atoms with E-state index < -0.39 is 0 Å². The van der Waals surface area contributed by atoms with Crippen LogP contribution in [0, 0.1) is 0 Å². The second-order valence-corrected chi connectivity index (χ2v) is 14.0. The first-order valence-electron chi connectivity index (χ1n) is 17.3. The standard InChI is InChI=1S/C49H34/c1-49(2)43-25-13-12-23-40(43)46-41(24-14-26-44(46)49)45-37-21-10-11-22-38(37)48(39-28-27-32(30-42(39)45)31-15-4-3-5-16-31)47-35-19-8-6-17-33(35)29-34-18-7-9-20-36(34)47/h3-30H,1-2H3. The fraction of sp³-hybridized carbons (Fsp3) is 0.0612. The van der Waals surface area contributed by atoms with Gasteiger partial charge in [-0.15, -0.1) is 0 Å². The number of hydrogen-bond donors (Lipinski definition) is 0. The molecule has 0 unspecified atom stereocenters. The van der Waals surface area contributed by atoms with Crippen LogP contribution < -0.4 is 0 Å². The molecule has 0 nitrogen and oxygen atoms in total. The zero-order chi connectivity index (χ0) is 32.7. The Morgan fingerprint density at radius 2 is 0.837 bits per heavy atom. The molecular formula is C49H34. The Morgan fingerprint density at radius 3 is 1.57 bits per heavy atom. The van der Waals surface area contributed by atoms with E-state index in [4.69, 9.17) is 0 Å². The van der Waals surface area contributed by atoms with Crippen LogP contribution in [0.25, 0.3) is 87.6 Å². The van der Waals surface area contributed by atoms with E-state index in [-0.39, 0.29) is 5.41 Å². The minimum absolute atomic E-state index is 0.0788. The van der Waals surface area contributed by atoms with Gasteiger partial charge in [0.1, 0.15) is 0 Å². The monoisotopic (exact) mass is 622 g/mol. The van der Waals surface area contributed by atoms with Gasteiger partial charge >= 0.3 is 0 Å². The van der Waals surface area contributed by atoms with Gasteiger partial charge in [-0.05, 0) is 111 Å². The molecule has 0 radical (unpaired) electrons. The Hall–Kier alpha value is -5.98. The van der Waals surface area contributed by atoms with Crippen molar-refractivity contribution in [1.29, 1.82) is 0 Å². The number of fused-ring (bicyclic) bond motifs is 7. The van der Waals surface area contributed by atoms with Crippen molar-refractivity contribution < 1.29 is 0 Å². The third-order valence-electron chi connectivity index (χ3n) is 11.0. The van der Waals surface area contributed by atoms with E-state index >= 15 is 0 Å². The molecule has 0 amide bonds. The Labute approximate surface area is 286 Å². The van der Waals surface area contributed by atoms with Gasteiger partial charge in [0.2, 0.25) is 0 Å². The molecule has 0 heteroatoms. The molecule has 0 heterocycles. The summed E-state index contributed by atoms with van der Waals surface area (Å²) in [5.74, 6) is 0. The van der Waals surface area contributed by atoms with Crippen molar-refractivity contribution in [1.82, 2.24) is 0 Å². The van der Waals surface area contributed by atoms with Gasteiger partial charge in [-0.3, -0.25) is 0 Å². The lowest BCUT2D eigenvalue weighted by molar-refractivity contribution is 0.660. The third-order valence-corrected chi connectivity index (χ3v) is 11.0. The van der Waals surface area contributed by atoms with Crippen molar-refractivity contribution in [2.24, 2.45) is 0 Å². The highest BCUT2D eigenvalue weighted by Crippen LogP contribution is 2.55. The van der Waals surface area contributed by atoms with Gasteiger partial charge in [-0.1, -0.05) is 172 Å². The summed E-state index contributed by atoms with van der Waals surface area (Å²) in [6.45, 7) is 4.75. The lowest BCUT2D eigenvalue weighted by Gasteiger charge is -2.23. The second-order valence-electron chi connectivity index (χ2n) is 14.0. The maximum Gasteiger partial charge on any atom is 0.0159 e. The molecule has 9 aromatic carbocycles. The van der Waals surface area contributed by atoms with Crippen molar-refractivity contribution in [2.75, 3.05) is 0 Å². The number of hydrogen-bond acceptors (Lipinski definition) is 0. The molecule has 49 heavy (non-hydrogen) atoms. The fourth-order valence-corrected chi connectivity index (χ4v) is 8.79. The van der Waals surface area contributed by atoms with Crippen LogP contribution in [-0.2, 0) is 5.41 Å². The molecule has 0 bridgehead atoms. The van der Waals surface area contributed by atoms with Crippen molar-refractivity contribution in [3.05, 3.63) is 181 Å². The minimum Gasteiger partial charge on any atom is -0.0622 e. The smallest absolute Gasteiger partial charge is 0.0159 e. The molecule has 0 fully saturated rings. The summed E-state index contributed by atoms with van der Waals surface area (Å²) >= 11 is 0. The summed E-state index contributed by atoms with van der Waals surface area (Å²) in [4.78, 5) is 0. The molecule has 0 aliphatic heterocycles. The van der Waals surface area contributed by atoms with Crippen molar-refractivity contribution in [2.45, 2.75) is 19.3 Å². The van der Waals surface area contributed by atoms with E-state index in [0.29, 0.717) is 0 Å². The Morgan fingerprint density at radius 1 is 0.306 bits per heavy atom. The predicted octanol–water partition coefficient (Wildman–Crippen LogP) is 13.6. The van der Waals surface area contributed by atoms with Crippen LogP contribution in [0.15, 0.2) is 170 Å². The minimum atomic E-state index is -0.0788. The summed E-state index contributed by atoms with van der Waals surface area (Å²) in [6, 6.07) is 63.2. The highest BCUT2D eigenvalue weighted by atomic mass is 14.4. The maximum absolute atomic E-state index is 2.45. The number of rotatable bonds is 3. The molecule has 1 aliphatic rings. The molecule has 0 spiro atoms. The molecule has 0 aromatic heterocycles. The van der Waals surface area contributed by atoms with Gasteiger partial charge in [0.25, 0.3) is 0 Å². The molecule has 10 rings (SSSR count).